The zero-order chi connectivity index (χ0) is 14.7. The molecule has 0 saturated heterocycles. The van der Waals surface area contributed by atoms with Gasteiger partial charge in [0.2, 0.25) is 5.91 Å². The average molecular weight is 284 g/mol. The minimum atomic E-state index is 0.0888. The predicted molar refractivity (Wildman–Crippen MR) is 81.7 cm³/mol. The lowest BCUT2D eigenvalue weighted by Gasteiger charge is -2.22. The smallest absolute Gasteiger partial charge is 0.220 e. The van der Waals surface area contributed by atoms with Crippen molar-refractivity contribution < 1.29 is 9.21 Å². The first-order valence-corrected chi connectivity index (χ1v) is 7.42. The third-order valence-electron chi connectivity index (χ3n) is 4.01. The lowest BCUT2D eigenvalue weighted by molar-refractivity contribution is -0.121. The Hall–Kier alpha value is -2.23. The molecule has 0 bridgehead atoms. The van der Waals surface area contributed by atoms with E-state index in [-0.39, 0.29) is 11.9 Å². The Labute approximate surface area is 124 Å². The van der Waals surface area contributed by atoms with E-state index in [4.69, 9.17) is 10.2 Å². The van der Waals surface area contributed by atoms with Gasteiger partial charge in [-0.15, -0.1) is 0 Å². The fourth-order valence-electron chi connectivity index (χ4n) is 2.85. The van der Waals surface area contributed by atoms with Crippen LogP contribution in [0.1, 0.15) is 42.2 Å². The quantitative estimate of drug-likeness (QED) is 0.848. The molecule has 4 heteroatoms. The number of nitrogens with two attached hydrogens (primary N) is 1. The molecule has 3 rings (SSSR count). The lowest BCUT2D eigenvalue weighted by atomic mass is 9.93. The zero-order valence-corrected chi connectivity index (χ0v) is 12.0. The number of anilines is 1. The van der Waals surface area contributed by atoms with E-state index in [1.165, 1.54) is 0 Å². The highest BCUT2D eigenvalue weighted by Crippen LogP contribution is 2.30. The summed E-state index contributed by atoms with van der Waals surface area (Å²) < 4.78 is 5.45. The number of amides is 1. The van der Waals surface area contributed by atoms with Crippen LogP contribution in [0.25, 0.3) is 0 Å². The van der Waals surface area contributed by atoms with Gasteiger partial charge in [-0.3, -0.25) is 4.79 Å². The summed E-state index contributed by atoms with van der Waals surface area (Å²) in [5, 5.41) is 3.12. The Bertz CT molecular complexity index is 616. The summed E-state index contributed by atoms with van der Waals surface area (Å²) in [7, 11) is 0. The van der Waals surface area contributed by atoms with Crippen LogP contribution in [0.5, 0.6) is 0 Å². The molecule has 1 amide bonds. The number of carbonyl (C=O) groups excluding carboxylic acids is 1. The number of nitrogen functional groups attached to an aromatic ring is 1. The van der Waals surface area contributed by atoms with Crippen molar-refractivity contribution >= 4 is 11.6 Å². The third kappa shape index (κ3) is 3.27. The maximum Gasteiger partial charge on any atom is 0.220 e. The Kier molecular flexibility index (Phi) is 3.95. The van der Waals surface area contributed by atoms with E-state index in [9.17, 15) is 4.79 Å². The highest BCUT2D eigenvalue weighted by atomic mass is 16.3. The molecule has 3 N–H and O–H groups in total. The summed E-state index contributed by atoms with van der Waals surface area (Å²) in [6.45, 7) is 0. The highest BCUT2D eigenvalue weighted by molar-refractivity contribution is 5.76. The van der Waals surface area contributed by atoms with Crippen LogP contribution >= 0.6 is 0 Å². The van der Waals surface area contributed by atoms with Crippen LogP contribution in [0.4, 0.5) is 5.69 Å². The zero-order valence-electron chi connectivity index (χ0n) is 12.0. The minimum Gasteiger partial charge on any atom is -0.469 e. The summed E-state index contributed by atoms with van der Waals surface area (Å²) in [5.41, 5.74) is 8.67. The number of nitrogens with one attached hydrogen (secondary N) is 1. The number of carbonyl (C=O) groups is 1. The molecule has 2 aromatic rings. The number of hydrogen-bond acceptors (Lipinski definition) is 3. The molecule has 0 spiro atoms. The van der Waals surface area contributed by atoms with Crippen molar-refractivity contribution in [2.45, 2.75) is 38.1 Å². The summed E-state index contributed by atoms with van der Waals surface area (Å²) in [5.74, 6) is 1.11. The average Bonchev–Trinajstić information content (AvgIpc) is 2.96. The monoisotopic (exact) mass is 284 g/mol. The van der Waals surface area contributed by atoms with Crippen molar-refractivity contribution in [2.24, 2.45) is 0 Å². The largest absolute Gasteiger partial charge is 0.469 e. The molecule has 0 fully saturated rings. The number of benzene rings is 1. The maximum atomic E-state index is 12.1. The molecule has 1 unspecified atom stereocenters. The molecule has 0 saturated carbocycles. The van der Waals surface area contributed by atoms with Crippen molar-refractivity contribution in [1.29, 1.82) is 0 Å². The summed E-state index contributed by atoms with van der Waals surface area (Å²) in [4.78, 5) is 12.1. The van der Waals surface area contributed by atoms with Crippen LogP contribution in [-0.2, 0) is 17.6 Å². The van der Waals surface area contributed by atoms with E-state index in [2.05, 4.69) is 5.32 Å². The SMILES string of the molecule is Nc1ccc(CCC(=O)NC2CCCc3occc32)cc1. The second kappa shape index (κ2) is 6.04. The van der Waals surface area contributed by atoms with Crippen molar-refractivity contribution in [3.63, 3.8) is 0 Å². The minimum absolute atomic E-state index is 0.0888. The highest BCUT2D eigenvalue weighted by Gasteiger charge is 2.23. The van der Waals surface area contributed by atoms with Crippen LogP contribution in [-0.4, -0.2) is 5.91 Å². The molecular weight excluding hydrogens is 264 g/mol. The summed E-state index contributed by atoms with van der Waals surface area (Å²) >= 11 is 0. The molecule has 21 heavy (non-hydrogen) atoms. The molecular formula is C17H20N2O2. The number of hydrogen-bond donors (Lipinski definition) is 2. The fraction of sp³-hybridized carbons (Fsp3) is 0.353. The van der Waals surface area contributed by atoms with E-state index in [0.29, 0.717) is 6.42 Å². The van der Waals surface area contributed by atoms with Gasteiger partial charge in [-0.25, -0.2) is 0 Å². The molecule has 1 aliphatic carbocycles. The molecule has 0 radical (unpaired) electrons. The van der Waals surface area contributed by atoms with Crippen molar-refractivity contribution in [3.8, 4) is 0 Å². The van der Waals surface area contributed by atoms with E-state index in [1.807, 2.05) is 30.3 Å². The van der Waals surface area contributed by atoms with Crippen molar-refractivity contribution in [3.05, 3.63) is 53.5 Å². The standard InChI is InChI=1S/C17H20N2O2/c18-13-7-4-12(5-8-13)6-9-17(20)19-15-2-1-3-16-14(15)10-11-21-16/h4-5,7-8,10-11,15H,1-3,6,9,18H2,(H,19,20). The molecule has 1 aromatic heterocycles. The maximum absolute atomic E-state index is 12.1. The first-order valence-electron chi connectivity index (χ1n) is 7.42. The van der Waals surface area contributed by atoms with Crippen molar-refractivity contribution in [1.82, 2.24) is 5.32 Å². The predicted octanol–water partition coefficient (Wildman–Crippen LogP) is 2.99. The van der Waals surface area contributed by atoms with Gasteiger partial charge in [0.25, 0.3) is 0 Å². The van der Waals surface area contributed by atoms with Gasteiger partial charge in [0, 0.05) is 24.1 Å². The van der Waals surface area contributed by atoms with Gasteiger partial charge in [0.15, 0.2) is 0 Å². The van der Waals surface area contributed by atoms with Crippen LogP contribution in [0.15, 0.2) is 41.0 Å². The Morgan fingerprint density at radius 1 is 1.29 bits per heavy atom. The fourth-order valence-corrected chi connectivity index (χ4v) is 2.85. The van der Waals surface area contributed by atoms with E-state index in [1.54, 1.807) is 6.26 Å². The normalized spacial score (nSPS) is 17.2. The van der Waals surface area contributed by atoms with Gasteiger partial charge in [0.1, 0.15) is 5.76 Å². The van der Waals surface area contributed by atoms with Crippen LogP contribution in [0, 0.1) is 0 Å². The van der Waals surface area contributed by atoms with E-state index in [0.717, 1.165) is 48.3 Å². The van der Waals surface area contributed by atoms with Gasteiger partial charge < -0.3 is 15.5 Å². The molecule has 1 atom stereocenters. The second-order valence-corrected chi connectivity index (χ2v) is 5.55. The van der Waals surface area contributed by atoms with Crippen LogP contribution < -0.4 is 11.1 Å². The number of fused-ring (bicyclic) bond motifs is 1. The molecule has 0 aliphatic heterocycles. The number of aryl methyl sites for hydroxylation is 2. The topological polar surface area (TPSA) is 68.3 Å². The van der Waals surface area contributed by atoms with Crippen LogP contribution in [0.3, 0.4) is 0 Å². The van der Waals surface area contributed by atoms with Gasteiger partial charge in [-0.1, -0.05) is 12.1 Å². The molecule has 110 valence electrons. The van der Waals surface area contributed by atoms with Crippen molar-refractivity contribution in [2.75, 3.05) is 5.73 Å². The first kappa shape index (κ1) is 13.7. The van der Waals surface area contributed by atoms with Gasteiger partial charge in [-0.05, 0) is 43.0 Å². The second-order valence-electron chi connectivity index (χ2n) is 5.55. The van der Waals surface area contributed by atoms with E-state index >= 15 is 0 Å². The molecule has 1 aromatic carbocycles. The molecule has 1 aliphatic rings. The van der Waals surface area contributed by atoms with Gasteiger partial charge in [-0.2, -0.15) is 0 Å². The molecule has 1 heterocycles. The van der Waals surface area contributed by atoms with Gasteiger partial charge >= 0.3 is 0 Å². The third-order valence-corrected chi connectivity index (χ3v) is 4.01. The number of furan rings is 1. The summed E-state index contributed by atoms with van der Waals surface area (Å²) in [6.07, 6.45) is 5.96. The lowest BCUT2D eigenvalue weighted by Crippen LogP contribution is -2.30. The van der Waals surface area contributed by atoms with Crippen LogP contribution in [0.2, 0.25) is 0 Å². The first-order chi connectivity index (χ1) is 10.2. The Balaban J connectivity index is 1.54. The molecule has 4 nitrogen and oxygen atoms in total. The van der Waals surface area contributed by atoms with Gasteiger partial charge in [0.05, 0.1) is 12.3 Å². The van der Waals surface area contributed by atoms with E-state index < -0.39 is 0 Å². The Morgan fingerprint density at radius 3 is 2.90 bits per heavy atom. The Morgan fingerprint density at radius 2 is 2.10 bits per heavy atom. The summed E-state index contributed by atoms with van der Waals surface area (Å²) in [6, 6.07) is 9.75. The number of rotatable bonds is 4.